The van der Waals surface area contributed by atoms with Crippen LogP contribution >= 0.6 is 0 Å². The molecule has 0 aliphatic rings. The van der Waals surface area contributed by atoms with E-state index in [2.05, 4.69) is 0 Å². The van der Waals surface area contributed by atoms with E-state index in [-0.39, 0.29) is 11.1 Å². The molecule has 4 rings (SSSR count). The molecular formula is C22H10F6. The highest BCUT2D eigenvalue weighted by Gasteiger charge is 2.30. The molecule has 4 aromatic rings. The van der Waals surface area contributed by atoms with Gasteiger partial charge in [0.05, 0.1) is 21.9 Å². The Morgan fingerprint density at radius 3 is 1.00 bits per heavy atom. The Morgan fingerprint density at radius 1 is 0.357 bits per heavy atom. The normalized spacial score (nSPS) is 11.2. The molecule has 0 atom stereocenters. The first-order valence-electron chi connectivity index (χ1n) is 8.21. The highest BCUT2D eigenvalue weighted by molar-refractivity contribution is 5.94. The average molecular weight is 388 g/mol. The number of hydrogen-bond donors (Lipinski definition) is 0. The minimum atomic E-state index is -1.79. The van der Waals surface area contributed by atoms with Crippen LogP contribution in [0.1, 0.15) is 0 Å². The van der Waals surface area contributed by atoms with Crippen LogP contribution in [0, 0.1) is 34.9 Å². The minimum Gasteiger partial charge on any atom is -0.205 e. The van der Waals surface area contributed by atoms with E-state index in [4.69, 9.17) is 0 Å². The van der Waals surface area contributed by atoms with Crippen molar-refractivity contribution in [1.82, 2.24) is 0 Å². The van der Waals surface area contributed by atoms with Gasteiger partial charge in [0.25, 0.3) is 0 Å². The molecule has 0 aliphatic heterocycles. The van der Waals surface area contributed by atoms with E-state index in [1.54, 1.807) is 12.1 Å². The summed E-state index contributed by atoms with van der Waals surface area (Å²) in [6.45, 7) is 0. The molecule has 0 spiro atoms. The van der Waals surface area contributed by atoms with Crippen molar-refractivity contribution < 1.29 is 26.3 Å². The molecule has 0 N–H and O–H groups in total. The summed E-state index contributed by atoms with van der Waals surface area (Å²) < 4.78 is 88.6. The Bertz CT molecular complexity index is 1100. The summed E-state index contributed by atoms with van der Waals surface area (Å²) in [5.41, 5.74) is -1.97. The van der Waals surface area contributed by atoms with Crippen LogP contribution in [0.25, 0.3) is 33.0 Å². The molecular weight excluding hydrogens is 378 g/mol. The van der Waals surface area contributed by atoms with Crippen molar-refractivity contribution in [2.75, 3.05) is 0 Å². The highest BCUT2D eigenvalue weighted by atomic mass is 19.2. The fourth-order valence-corrected chi connectivity index (χ4v) is 3.23. The van der Waals surface area contributed by atoms with Crippen LogP contribution < -0.4 is 0 Å². The molecule has 0 aliphatic carbocycles. The van der Waals surface area contributed by atoms with E-state index >= 15 is 0 Å². The monoisotopic (exact) mass is 388 g/mol. The largest absolute Gasteiger partial charge is 0.205 e. The maximum atomic E-state index is 15.0. The van der Waals surface area contributed by atoms with Gasteiger partial charge in [-0.3, -0.25) is 0 Å². The first kappa shape index (κ1) is 18.1. The summed E-state index contributed by atoms with van der Waals surface area (Å²) in [6, 6.07) is 14.0. The van der Waals surface area contributed by atoms with Gasteiger partial charge in [0.2, 0.25) is 0 Å². The van der Waals surface area contributed by atoms with Crippen molar-refractivity contribution >= 4 is 10.8 Å². The summed E-state index contributed by atoms with van der Waals surface area (Å²) in [5.74, 6) is -10.1. The smallest absolute Gasteiger partial charge is 0.170 e. The van der Waals surface area contributed by atoms with E-state index in [9.17, 15) is 26.3 Å². The number of halogens is 6. The number of rotatable bonds is 2. The van der Waals surface area contributed by atoms with Gasteiger partial charge in [-0.25, -0.2) is 26.3 Å². The maximum Gasteiger partial charge on any atom is 0.170 e. The molecule has 0 saturated carbocycles. The summed E-state index contributed by atoms with van der Waals surface area (Å²) in [7, 11) is 0. The quantitative estimate of drug-likeness (QED) is 0.256. The second kappa shape index (κ2) is 6.71. The van der Waals surface area contributed by atoms with Gasteiger partial charge >= 0.3 is 0 Å². The van der Waals surface area contributed by atoms with Gasteiger partial charge in [0.15, 0.2) is 23.3 Å². The van der Waals surface area contributed by atoms with Crippen LogP contribution in [0.2, 0.25) is 0 Å². The first-order chi connectivity index (χ1) is 13.4. The van der Waals surface area contributed by atoms with Crippen LogP contribution in [-0.2, 0) is 0 Å². The lowest BCUT2D eigenvalue weighted by Crippen LogP contribution is -2.05. The zero-order valence-electron chi connectivity index (χ0n) is 14.0. The van der Waals surface area contributed by atoms with Gasteiger partial charge < -0.3 is 0 Å². The van der Waals surface area contributed by atoms with Gasteiger partial charge in [0.1, 0.15) is 11.6 Å². The lowest BCUT2D eigenvalue weighted by atomic mass is 9.94. The first-order valence-corrected chi connectivity index (χ1v) is 8.21. The Hall–Kier alpha value is -3.28. The number of benzene rings is 4. The second-order valence-electron chi connectivity index (χ2n) is 6.12. The molecule has 0 unspecified atom stereocenters. The summed E-state index contributed by atoms with van der Waals surface area (Å²) in [5, 5.41) is -2.54. The molecule has 0 aromatic heterocycles. The van der Waals surface area contributed by atoms with E-state index in [0.717, 1.165) is 0 Å². The Morgan fingerprint density at radius 2 is 0.679 bits per heavy atom. The van der Waals surface area contributed by atoms with Crippen LogP contribution in [0.4, 0.5) is 26.3 Å². The maximum absolute atomic E-state index is 15.0. The van der Waals surface area contributed by atoms with E-state index in [1.807, 2.05) is 0 Å². The zero-order chi connectivity index (χ0) is 20.0. The summed E-state index contributed by atoms with van der Waals surface area (Å²) in [4.78, 5) is 0. The van der Waals surface area contributed by atoms with Crippen molar-refractivity contribution in [2.24, 2.45) is 0 Å². The van der Waals surface area contributed by atoms with Gasteiger partial charge in [0, 0.05) is 0 Å². The lowest BCUT2D eigenvalue weighted by molar-refractivity contribution is 0.486. The molecule has 28 heavy (non-hydrogen) atoms. The van der Waals surface area contributed by atoms with Crippen LogP contribution in [0.5, 0.6) is 0 Å². The molecule has 0 saturated heterocycles. The van der Waals surface area contributed by atoms with Crippen molar-refractivity contribution in [2.45, 2.75) is 0 Å². The molecule has 0 bridgehead atoms. The zero-order valence-corrected chi connectivity index (χ0v) is 14.0. The van der Waals surface area contributed by atoms with Crippen molar-refractivity contribution in [1.29, 1.82) is 0 Å². The fourth-order valence-electron chi connectivity index (χ4n) is 3.23. The second-order valence-corrected chi connectivity index (χ2v) is 6.12. The standard InChI is InChI=1S/C22H10F6/c23-17-13(11-7-3-1-4-8-11)19(25)21(27)16-15(17)22(28)20(26)14(18(16)24)12-9-5-2-6-10-12/h1-10H. The topological polar surface area (TPSA) is 0 Å². The molecule has 0 radical (unpaired) electrons. The molecule has 0 amide bonds. The lowest BCUT2D eigenvalue weighted by Gasteiger charge is -2.15. The van der Waals surface area contributed by atoms with Gasteiger partial charge in [-0.05, 0) is 11.1 Å². The molecule has 140 valence electrons. The Kier molecular flexibility index (Phi) is 4.34. The van der Waals surface area contributed by atoms with Crippen LogP contribution in [0.3, 0.4) is 0 Å². The average Bonchev–Trinajstić information content (AvgIpc) is 2.71. The molecule has 4 aromatic carbocycles. The van der Waals surface area contributed by atoms with Crippen LogP contribution in [-0.4, -0.2) is 0 Å². The van der Waals surface area contributed by atoms with Gasteiger partial charge in [-0.2, -0.15) is 0 Å². The predicted molar refractivity (Wildman–Crippen MR) is 94.6 cm³/mol. The summed E-state index contributed by atoms with van der Waals surface area (Å²) >= 11 is 0. The Labute approximate surface area is 155 Å². The third-order valence-corrected chi connectivity index (χ3v) is 4.52. The number of fused-ring (bicyclic) bond motifs is 1. The predicted octanol–water partition coefficient (Wildman–Crippen LogP) is 7.01. The van der Waals surface area contributed by atoms with E-state index < -0.39 is 56.8 Å². The third-order valence-electron chi connectivity index (χ3n) is 4.52. The van der Waals surface area contributed by atoms with Crippen molar-refractivity contribution in [3.05, 3.63) is 95.6 Å². The van der Waals surface area contributed by atoms with Gasteiger partial charge in [-0.15, -0.1) is 0 Å². The Balaban J connectivity index is 2.17. The third kappa shape index (κ3) is 2.56. The van der Waals surface area contributed by atoms with Gasteiger partial charge in [-0.1, -0.05) is 60.7 Å². The van der Waals surface area contributed by atoms with Crippen molar-refractivity contribution in [3.63, 3.8) is 0 Å². The summed E-state index contributed by atoms with van der Waals surface area (Å²) in [6.07, 6.45) is 0. The molecule has 0 nitrogen and oxygen atoms in total. The molecule has 0 heterocycles. The molecule has 0 fully saturated rings. The number of hydrogen-bond acceptors (Lipinski definition) is 0. The minimum absolute atomic E-state index is 0.0920. The highest BCUT2D eigenvalue weighted by Crippen LogP contribution is 2.41. The van der Waals surface area contributed by atoms with Crippen LogP contribution in [0.15, 0.2) is 60.7 Å². The van der Waals surface area contributed by atoms with E-state index in [0.29, 0.717) is 0 Å². The van der Waals surface area contributed by atoms with Crippen molar-refractivity contribution in [3.8, 4) is 22.3 Å². The SMILES string of the molecule is Fc1c(-c2ccccc2)c(F)c2c(F)c(F)c(-c3ccccc3)c(F)c2c1F. The van der Waals surface area contributed by atoms with E-state index in [1.165, 1.54) is 48.5 Å². The molecule has 6 heteroatoms. The fraction of sp³-hybridized carbons (Fsp3) is 0.